The first-order valence-electron chi connectivity index (χ1n) is 9.86. The summed E-state index contributed by atoms with van der Waals surface area (Å²) in [6.07, 6.45) is 2.00. The Morgan fingerprint density at radius 3 is 2.59 bits per heavy atom. The van der Waals surface area contributed by atoms with Crippen molar-refractivity contribution in [3.05, 3.63) is 58.9 Å². The predicted molar refractivity (Wildman–Crippen MR) is 108 cm³/mol. The molecule has 0 atom stereocenters. The van der Waals surface area contributed by atoms with E-state index in [0.29, 0.717) is 12.2 Å². The molecule has 8 heteroatoms. The largest absolute Gasteiger partial charge is 0.388 e. The molecule has 8 nitrogen and oxygen atoms in total. The van der Waals surface area contributed by atoms with Crippen molar-refractivity contribution in [2.75, 3.05) is 0 Å². The summed E-state index contributed by atoms with van der Waals surface area (Å²) in [5.41, 5.74) is 3.84. The highest BCUT2D eigenvalue weighted by Gasteiger charge is 2.35. The van der Waals surface area contributed by atoms with Crippen molar-refractivity contribution in [3.63, 3.8) is 0 Å². The van der Waals surface area contributed by atoms with Gasteiger partial charge in [-0.15, -0.1) is 10.2 Å². The number of hydrogen-bond donors (Lipinski definition) is 2. The van der Waals surface area contributed by atoms with Gasteiger partial charge in [-0.2, -0.15) is 5.10 Å². The molecule has 0 aliphatic heterocycles. The van der Waals surface area contributed by atoms with Gasteiger partial charge in [0.2, 0.25) is 5.91 Å². The van der Waals surface area contributed by atoms with Gasteiger partial charge >= 0.3 is 0 Å². The first-order chi connectivity index (χ1) is 14.0. The lowest BCUT2D eigenvalue weighted by Crippen LogP contribution is -2.44. The van der Waals surface area contributed by atoms with Gasteiger partial charge in [0.15, 0.2) is 5.82 Å². The average molecular weight is 394 g/mol. The van der Waals surface area contributed by atoms with Crippen LogP contribution >= 0.6 is 0 Å². The molecular formula is C21H26N6O2. The Hall–Kier alpha value is -3.00. The first kappa shape index (κ1) is 19.3. The van der Waals surface area contributed by atoms with Crippen LogP contribution in [0.25, 0.3) is 5.69 Å². The van der Waals surface area contributed by atoms with Crippen molar-refractivity contribution in [1.82, 2.24) is 29.9 Å². The molecule has 1 aromatic carbocycles. The molecular weight excluding hydrogens is 368 g/mol. The molecule has 1 aliphatic rings. The van der Waals surface area contributed by atoms with E-state index in [4.69, 9.17) is 0 Å². The second-order valence-corrected chi connectivity index (χ2v) is 7.70. The fraction of sp³-hybridized carbons (Fsp3) is 0.429. The summed E-state index contributed by atoms with van der Waals surface area (Å²) in [5, 5.41) is 25.2. The molecule has 1 aliphatic carbocycles. The molecule has 0 bridgehead atoms. The second-order valence-electron chi connectivity index (χ2n) is 7.70. The molecule has 2 N–H and O–H groups in total. The molecule has 0 spiro atoms. The molecule has 0 radical (unpaired) electrons. The molecule has 152 valence electrons. The second kappa shape index (κ2) is 7.79. The molecule has 2 aromatic heterocycles. The lowest BCUT2D eigenvalue weighted by molar-refractivity contribution is -0.121. The minimum atomic E-state index is -0.119. The van der Waals surface area contributed by atoms with Crippen LogP contribution in [-0.2, 0) is 24.9 Å². The maximum Gasteiger partial charge on any atom is 0.224 e. The van der Waals surface area contributed by atoms with E-state index in [1.807, 2.05) is 60.5 Å². The van der Waals surface area contributed by atoms with Crippen molar-refractivity contribution in [2.24, 2.45) is 7.05 Å². The SMILES string of the molecule is Cc1nn(-c2ccccc2)c(C)c1CC(=O)NC1CC(c2nnc(CO)n2C)C1. The highest BCUT2D eigenvalue weighted by molar-refractivity contribution is 5.79. The summed E-state index contributed by atoms with van der Waals surface area (Å²) >= 11 is 0. The number of aryl methyl sites for hydroxylation is 1. The first-order valence-corrected chi connectivity index (χ1v) is 9.86. The maximum atomic E-state index is 12.6. The fourth-order valence-corrected chi connectivity index (χ4v) is 4.01. The average Bonchev–Trinajstić information content (AvgIpc) is 3.19. The number of carbonyl (C=O) groups is 1. The van der Waals surface area contributed by atoms with E-state index in [1.54, 1.807) is 0 Å². The van der Waals surface area contributed by atoms with Crippen LogP contribution in [0.3, 0.4) is 0 Å². The molecule has 3 aromatic rings. The van der Waals surface area contributed by atoms with E-state index in [0.717, 1.165) is 41.3 Å². The number of para-hydroxylation sites is 1. The Kier molecular flexibility index (Phi) is 5.19. The smallest absolute Gasteiger partial charge is 0.224 e. The molecule has 4 rings (SSSR count). The van der Waals surface area contributed by atoms with Gasteiger partial charge < -0.3 is 15.0 Å². The van der Waals surface area contributed by atoms with Crippen LogP contribution in [-0.4, -0.2) is 41.6 Å². The van der Waals surface area contributed by atoms with Gasteiger partial charge in [0.1, 0.15) is 12.4 Å². The Balaban J connectivity index is 1.36. The summed E-state index contributed by atoms with van der Waals surface area (Å²) in [7, 11) is 1.86. The van der Waals surface area contributed by atoms with Crippen molar-refractivity contribution >= 4 is 5.91 Å². The third-order valence-electron chi connectivity index (χ3n) is 5.79. The van der Waals surface area contributed by atoms with E-state index >= 15 is 0 Å². The zero-order valence-corrected chi connectivity index (χ0v) is 17.0. The zero-order valence-electron chi connectivity index (χ0n) is 17.0. The van der Waals surface area contributed by atoms with Gasteiger partial charge in [-0.3, -0.25) is 4.79 Å². The number of aromatic nitrogens is 5. The Labute approximate surface area is 169 Å². The van der Waals surface area contributed by atoms with E-state index in [9.17, 15) is 9.90 Å². The minimum Gasteiger partial charge on any atom is -0.388 e. The van der Waals surface area contributed by atoms with Crippen LogP contribution in [0.2, 0.25) is 0 Å². The number of rotatable bonds is 6. The summed E-state index contributed by atoms with van der Waals surface area (Å²) in [6, 6.07) is 10.1. The highest BCUT2D eigenvalue weighted by atomic mass is 16.3. The molecule has 1 saturated carbocycles. The van der Waals surface area contributed by atoms with Crippen molar-refractivity contribution in [1.29, 1.82) is 0 Å². The molecule has 2 heterocycles. The third-order valence-corrected chi connectivity index (χ3v) is 5.79. The monoisotopic (exact) mass is 394 g/mol. The number of benzene rings is 1. The van der Waals surface area contributed by atoms with Crippen LogP contribution in [0.5, 0.6) is 0 Å². The fourth-order valence-electron chi connectivity index (χ4n) is 4.01. The summed E-state index contributed by atoms with van der Waals surface area (Å²) < 4.78 is 3.73. The number of hydrogen-bond acceptors (Lipinski definition) is 5. The molecule has 0 unspecified atom stereocenters. The molecule has 1 amide bonds. The van der Waals surface area contributed by atoms with Gasteiger partial charge in [-0.05, 0) is 38.8 Å². The van der Waals surface area contributed by atoms with Gasteiger partial charge in [0, 0.05) is 30.3 Å². The third kappa shape index (κ3) is 3.67. The van der Waals surface area contributed by atoms with Crippen molar-refractivity contribution in [3.8, 4) is 5.69 Å². The molecule has 0 saturated heterocycles. The number of carbonyl (C=O) groups excluding carboxylic acids is 1. The van der Waals surface area contributed by atoms with Gasteiger partial charge in [0.25, 0.3) is 0 Å². The van der Waals surface area contributed by atoms with Crippen LogP contribution in [0.1, 0.15) is 47.4 Å². The van der Waals surface area contributed by atoms with E-state index in [-0.39, 0.29) is 24.5 Å². The summed E-state index contributed by atoms with van der Waals surface area (Å²) in [5.74, 6) is 1.72. The lowest BCUT2D eigenvalue weighted by atomic mass is 9.79. The Bertz CT molecular complexity index is 1020. The summed E-state index contributed by atoms with van der Waals surface area (Å²) in [4.78, 5) is 12.6. The van der Waals surface area contributed by atoms with Gasteiger partial charge in [0.05, 0.1) is 17.8 Å². The summed E-state index contributed by atoms with van der Waals surface area (Å²) in [6.45, 7) is 3.83. The lowest BCUT2D eigenvalue weighted by Gasteiger charge is -2.35. The topological polar surface area (TPSA) is 97.9 Å². The quantitative estimate of drug-likeness (QED) is 0.663. The molecule has 1 fully saturated rings. The standard InChI is InChI=1S/C21H26N6O2/c1-13-18(14(2)27(25-13)17-7-5-4-6-8-17)11-20(29)22-16-9-15(10-16)21-24-23-19(12-28)26(21)3/h4-8,15-16,28H,9-12H2,1-3H3,(H,22,29). The van der Waals surface area contributed by atoms with Crippen LogP contribution in [0, 0.1) is 13.8 Å². The minimum absolute atomic E-state index is 0.0151. The predicted octanol–water partition coefficient (Wildman–Crippen LogP) is 1.71. The van der Waals surface area contributed by atoms with Crippen molar-refractivity contribution in [2.45, 2.75) is 51.7 Å². The number of nitrogens with one attached hydrogen (secondary N) is 1. The van der Waals surface area contributed by atoms with Crippen molar-refractivity contribution < 1.29 is 9.90 Å². The molecule has 29 heavy (non-hydrogen) atoms. The normalized spacial score (nSPS) is 18.5. The number of aliphatic hydroxyl groups excluding tert-OH is 1. The van der Waals surface area contributed by atoms with E-state index in [2.05, 4.69) is 20.6 Å². The Morgan fingerprint density at radius 1 is 1.21 bits per heavy atom. The maximum absolute atomic E-state index is 12.6. The van der Waals surface area contributed by atoms with E-state index in [1.165, 1.54) is 0 Å². The van der Waals surface area contributed by atoms with Crippen LogP contribution in [0.15, 0.2) is 30.3 Å². The number of amides is 1. The van der Waals surface area contributed by atoms with Crippen LogP contribution < -0.4 is 5.32 Å². The van der Waals surface area contributed by atoms with Gasteiger partial charge in [-0.1, -0.05) is 18.2 Å². The number of aliphatic hydroxyl groups is 1. The van der Waals surface area contributed by atoms with Gasteiger partial charge in [-0.25, -0.2) is 4.68 Å². The van der Waals surface area contributed by atoms with Crippen LogP contribution in [0.4, 0.5) is 0 Å². The Morgan fingerprint density at radius 2 is 1.93 bits per heavy atom. The number of nitrogens with zero attached hydrogens (tertiary/aromatic N) is 5. The van der Waals surface area contributed by atoms with E-state index < -0.39 is 0 Å². The highest BCUT2D eigenvalue weighted by Crippen LogP contribution is 2.36. The zero-order chi connectivity index (χ0) is 20.5.